The summed E-state index contributed by atoms with van der Waals surface area (Å²) in [6, 6.07) is 1.27. The molecular weight excluding hydrogens is 110 g/mol. The van der Waals surface area contributed by atoms with Crippen LogP contribution in [0.2, 0.25) is 0 Å². The Kier molecular flexibility index (Phi) is 2.29. The van der Waals surface area contributed by atoms with Crippen LogP contribution in [0.5, 0.6) is 0 Å². The highest BCUT2D eigenvalue weighted by Gasteiger charge is 2.13. The maximum absolute atomic E-state index is 3.76. The number of rotatable bonds is 1. The molecule has 0 aromatic carbocycles. The molecule has 52 valence electrons. The second-order valence-corrected chi connectivity index (χ2v) is 2.84. The van der Waals surface area contributed by atoms with Gasteiger partial charge in [-0.3, -0.25) is 0 Å². The number of nitrogens with one attached hydrogen (secondary N) is 1. The van der Waals surface area contributed by atoms with Gasteiger partial charge in [0.1, 0.15) is 0 Å². The summed E-state index contributed by atoms with van der Waals surface area (Å²) in [5.41, 5.74) is 0. The Hall–Kier alpha value is -0.300. The van der Waals surface area contributed by atoms with Crippen molar-refractivity contribution in [1.82, 2.24) is 5.32 Å². The highest BCUT2D eigenvalue weighted by atomic mass is 14.9. The molecule has 0 aromatic heterocycles. The zero-order valence-electron chi connectivity index (χ0n) is 6.06. The van der Waals surface area contributed by atoms with Crippen LogP contribution in [0.15, 0.2) is 12.7 Å². The van der Waals surface area contributed by atoms with E-state index in [2.05, 4.69) is 18.8 Å². The van der Waals surface area contributed by atoms with Gasteiger partial charge in [-0.25, -0.2) is 0 Å². The lowest BCUT2D eigenvalue weighted by atomic mass is 10.00. The van der Waals surface area contributed by atoms with Gasteiger partial charge >= 0.3 is 0 Å². The van der Waals surface area contributed by atoms with Gasteiger partial charge in [0, 0.05) is 12.1 Å². The van der Waals surface area contributed by atoms with Crippen molar-refractivity contribution in [3.8, 4) is 0 Å². The zero-order chi connectivity index (χ0) is 6.69. The first-order valence-electron chi connectivity index (χ1n) is 3.71. The molecule has 1 heteroatoms. The third-order valence-corrected chi connectivity index (χ3v) is 1.94. The monoisotopic (exact) mass is 125 g/mol. The predicted octanol–water partition coefficient (Wildman–Crippen LogP) is 1.70. The molecule has 1 nitrogen and oxygen atoms in total. The van der Waals surface area contributed by atoms with Gasteiger partial charge in [0.2, 0.25) is 0 Å². The molecule has 1 N–H and O–H groups in total. The molecule has 0 aliphatic carbocycles. The molecule has 1 aliphatic rings. The van der Waals surface area contributed by atoms with Gasteiger partial charge in [0.15, 0.2) is 0 Å². The summed E-state index contributed by atoms with van der Waals surface area (Å²) in [5.74, 6) is 0. The lowest BCUT2D eigenvalue weighted by molar-refractivity contribution is 0.375. The molecular formula is C8H15N. The van der Waals surface area contributed by atoms with E-state index in [4.69, 9.17) is 0 Å². The van der Waals surface area contributed by atoms with Crippen LogP contribution in [0.1, 0.15) is 26.2 Å². The van der Waals surface area contributed by atoms with E-state index >= 15 is 0 Å². The van der Waals surface area contributed by atoms with Gasteiger partial charge in [-0.15, -0.1) is 6.58 Å². The van der Waals surface area contributed by atoms with E-state index in [-0.39, 0.29) is 0 Å². The van der Waals surface area contributed by atoms with E-state index in [9.17, 15) is 0 Å². The number of hydrogen-bond donors (Lipinski definition) is 1. The van der Waals surface area contributed by atoms with Gasteiger partial charge in [-0.2, -0.15) is 0 Å². The van der Waals surface area contributed by atoms with E-state index < -0.39 is 0 Å². The first-order valence-corrected chi connectivity index (χ1v) is 3.71. The zero-order valence-corrected chi connectivity index (χ0v) is 6.06. The smallest absolute Gasteiger partial charge is 0.0249 e. The molecule has 0 saturated carbocycles. The molecule has 1 aliphatic heterocycles. The van der Waals surface area contributed by atoms with Crippen molar-refractivity contribution in [3.05, 3.63) is 12.7 Å². The van der Waals surface area contributed by atoms with Crippen molar-refractivity contribution in [2.45, 2.75) is 38.3 Å². The van der Waals surface area contributed by atoms with Gasteiger partial charge in [-0.05, 0) is 19.8 Å². The summed E-state index contributed by atoms with van der Waals surface area (Å²) < 4.78 is 0. The second kappa shape index (κ2) is 3.02. The minimum atomic E-state index is 0.578. The van der Waals surface area contributed by atoms with Crippen LogP contribution in [0.25, 0.3) is 0 Å². The first kappa shape index (κ1) is 6.81. The van der Waals surface area contributed by atoms with Gasteiger partial charge in [-0.1, -0.05) is 12.5 Å². The first-order chi connectivity index (χ1) is 4.33. The largest absolute Gasteiger partial charge is 0.308 e. The minimum absolute atomic E-state index is 0.578. The fourth-order valence-electron chi connectivity index (χ4n) is 1.36. The molecule has 0 unspecified atom stereocenters. The SMILES string of the molecule is C=C[C@@H]1CCC[C@@H](C)N1. The minimum Gasteiger partial charge on any atom is -0.308 e. The Morgan fingerprint density at radius 3 is 2.78 bits per heavy atom. The van der Waals surface area contributed by atoms with Crippen LogP contribution in [0.4, 0.5) is 0 Å². The summed E-state index contributed by atoms with van der Waals surface area (Å²) in [6.45, 7) is 5.99. The summed E-state index contributed by atoms with van der Waals surface area (Å²) >= 11 is 0. The van der Waals surface area contributed by atoms with Crippen molar-refractivity contribution < 1.29 is 0 Å². The van der Waals surface area contributed by atoms with Gasteiger partial charge in [0.05, 0.1) is 0 Å². The van der Waals surface area contributed by atoms with Crippen molar-refractivity contribution in [2.75, 3.05) is 0 Å². The van der Waals surface area contributed by atoms with Crippen LogP contribution in [-0.2, 0) is 0 Å². The Bertz CT molecular complexity index is 98.7. The standard InChI is InChI=1S/C8H15N/c1-3-8-6-4-5-7(2)9-8/h3,7-9H,1,4-6H2,2H3/t7-,8-/m1/s1. The fourth-order valence-corrected chi connectivity index (χ4v) is 1.36. The molecule has 2 atom stereocenters. The molecule has 0 aromatic rings. The number of piperidine rings is 1. The average Bonchev–Trinajstić information content (AvgIpc) is 1.88. The second-order valence-electron chi connectivity index (χ2n) is 2.84. The van der Waals surface area contributed by atoms with Crippen LogP contribution in [0, 0.1) is 0 Å². The molecule has 0 amide bonds. The van der Waals surface area contributed by atoms with E-state index in [1.54, 1.807) is 0 Å². The summed E-state index contributed by atoms with van der Waals surface area (Å²) in [7, 11) is 0. The Balaban J connectivity index is 2.31. The van der Waals surface area contributed by atoms with E-state index in [0.717, 1.165) is 0 Å². The van der Waals surface area contributed by atoms with Gasteiger partial charge in [0.25, 0.3) is 0 Å². The van der Waals surface area contributed by atoms with Crippen molar-refractivity contribution in [3.63, 3.8) is 0 Å². The quantitative estimate of drug-likeness (QED) is 0.526. The maximum atomic E-state index is 3.76. The van der Waals surface area contributed by atoms with E-state index in [0.29, 0.717) is 12.1 Å². The maximum Gasteiger partial charge on any atom is 0.0249 e. The van der Waals surface area contributed by atoms with Gasteiger partial charge < -0.3 is 5.32 Å². The molecule has 9 heavy (non-hydrogen) atoms. The number of hydrogen-bond acceptors (Lipinski definition) is 1. The molecule has 0 spiro atoms. The third-order valence-electron chi connectivity index (χ3n) is 1.94. The lowest BCUT2D eigenvalue weighted by Crippen LogP contribution is -2.38. The topological polar surface area (TPSA) is 12.0 Å². The summed E-state index contributed by atoms with van der Waals surface area (Å²) in [4.78, 5) is 0. The molecule has 1 saturated heterocycles. The average molecular weight is 125 g/mol. The Morgan fingerprint density at radius 2 is 2.33 bits per heavy atom. The fraction of sp³-hybridized carbons (Fsp3) is 0.750. The van der Waals surface area contributed by atoms with E-state index in [1.807, 2.05) is 6.08 Å². The summed E-state index contributed by atoms with van der Waals surface area (Å²) in [5, 5.41) is 3.45. The normalized spacial score (nSPS) is 36.1. The van der Waals surface area contributed by atoms with Crippen molar-refractivity contribution >= 4 is 0 Å². The Morgan fingerprint density at radius 1 is 1.56 bits per heavy atom. The highest BCUT2D eigenvalue weighted by Crippen LogP contribution is 2.11. The predicted molar refractivity (Wildman–Crippen MR) is 40.4 cm³/mol. The molecule has 0 bridgehead atoms. The van der Waals surface area contributed by atoms with Crippen LogP contribution in [0.3, 0.4) is 0 Å². The van der Waals surface area contributed by atoms with Crippen LogP contribution in [-0.4, -0.2) is 12.1 Å². The Labute approximate surface area is 57.1 Å². The molecule has 1 rings (SSSR count). The third kappa shape index (κ3) is 1.83. The van der Waals surface area contributed by atoms with Crippen molar-refractivity contribution in [1.29, 1.82) is 0 Å². The van der Waals surface area contributed by atoms with Crippen LogP contribution < -0.4 is 5.32 Å². The molecule has 1 fully saturated rings. The summed E-state index contributed by atoms with van der Waals surface area (Å²) in [6.07, 6.45) is 5.96. The van der Waals surface area contributed by atoms with Crippen LogP contribution >= 0.6 is 0 Å². The van der Waals surface area contributed by atoms with Crippen molar-refractivity contribution in [2.24, 2.45) is 0 Å². The van der Waals surface area contributed by atoms with E-state index in [1.165, 1.54) is 19.3 Å². The molecule has 1 heterocycles. The highest BCUT2D eigenvalue weighted by molar-refractivity contribution is 4.90. The molecule has 0 radical (unpaired) electrons. The lowest BCUT2D eigenvalue weighted by Gasteiger charge is -2.26.